The van der Waals surface area contributed by atoms with Gasteiger partial charge in [-0.2, -0.15) is 0 Å². The predicted octanol–water partition coefficient (Wildman–Crippen LogP) is 1.44. The highest BCUT2D eigenvalue weighted by atomic mass is 16.2. The smallest absolute Gasteiger partial charge is 0.256 e. The van der Waals surface area contributed by atoms with E-state index in [1.54, 1.807) is 18.3 Å². The van der Waals surface area contributed by atoms with Crippen LogP contribution in [0.4, 0.5) is 0 Å². The maximum atomic E-state index is 12.2. The normalized spacial score (nSPS) is 13.6. The summed E-state index contributed by atoms with van der Waals surface area (Å²) in [4.78, 5) is 18.1. The minimum Gasteiger partial charge on any atom is -0.336 e. The highest BCUT2D eigenvalue weighted by molar-refractivity contribution is 5.98. The molecule has 3 rings (SSSR count). The van der Waals surface area contributed by atoms with Gasteiger partial charge in [-0.1, -0.05) is 12.1 Å². The van der Waals surface area contributed by atoms with Crippen molar-refractivity contribution in [2.24, 2.45) is 0 Å². The Hall–Kier alpha value is -2.54. The van der Waals surface area contributed by atoms with Crippen LogP contribution in [-0.2, 0) is 6.54 Å². The molecular formula is C14H11N3O. The first-order valence-corrected chi connectivity index (χ1v) is 5.60. The lowest BCUT2D eigenvalue weighted by Crippen LogP contribution is -2.25. The first-order chi connectivity index (χ1) is 8.72. The first kappa shape index (κ1) is 10.6. The number of imidazole rings is 1. The van der Waals surface area contributed by atoms with Gasteiger partial charge in [0.05, 0.1) is 23.5 Å². The topological polar surface area (TPSA) is 38.1 Å². The first-order valence-electron chi connectivity index (χ1n) is 5.60. The van der Waals surface area contributed by atoms with Gasteiger partial charge in [0.2, 0.25) is 0 Å². The van der Waals surface area contributed by atoms with Crippen molar-refractivity contribution < 1.29 is 4.79 Å². The predicted molar refractivity (Wildman–Crippen MR) is 67.3 cm³/mol. The molecule has 0 spiro atoms. The van der Waals surface area contributed by atoms with Gasteiger partial charge in [0.1, 0.15) is 12.0 Å². The van der Waals surface area contributed by atoms with Crippen molar-refractivity contribution in [1.82, 2.24) is 14.5 Å². The molecule has 88 valence electrons. The van der Waals surface area contributed by atoms with Gasteiger partial charge in [0, 0.05) is 7.05 Å². The lowest BCUT2D eigenvalue weighted by atomic mass is 10.1. The van der Waals surface area contributed by atoms with Gasteiger partial charge in [-0.3, -0.25) is 9.36 Å². The summed E-state index contributed by atoms with van der Waals surface area (Å²) in [5.41, 5.74) is 2.96. The summed E-state index contributed by atoms with van der Waals surface area (Å²) >= 11 is 0. The minimum absolute atomic E-state index is 0.00253. The number of aromatic nitrogens is 2. The number of fused-ring (bicyclic) bond motifs is 3. The number of hydrogen-bond acceptors (Lipinski definition) is 2. The Bertz CT molecular complexity index is 679. The molecule has 18 heavy (non-hydrogen) atoms. The second-order valence-electron chi connectivity index (χ2n) is 4.23. The lowest BCUT2D eigenvalue weighted by Gasteiger charge is -2.13. The van der Waals surface area contributed by atoms with Crippen molar-refractivity contribution in [3.05, 3.63) is 47.5 Å². The molecule has 0 atom stereocenters. The van der Waals surface area contributed by atoms with Crippen LogP contribution in [0.5, 0.6) is 0 Å². The summed E-state index contributed by atoms with van der Waals surface area (Å²) < 4.78 is 1.89. The van der Waals surface area contributed by atoms with E-state index in [0.717, 1.165) is 11.4 Å². The summed E-state index contributed by atoms with van der Waals surface area (Å²) in [6.07, 6.45) is 7.12. The standard InChI is InChI=1S/C14H11N3O/c1-3-11-13-8-16(2)14(18)10-6-4-5-7-12(10)17(13)9-15-11/h1,4-7,9H,8H2,2H3. The molecule has 0 bridgehead atoms. The molecule has 0 unspecified atom stereocenters. The number of para-hydroxylation sites is 1. The fraction of sp³-hybridized carbons (Fsp3) is 0.143. The molecule has 0 aliphatic carbocycles. The fourth-order valence-electron chi connectivity index (χ4n) is 2.22. The number of hydrogen-bond donors (Lipinski definition) is 0. The maximum absolute atomic E-state index is 12.2. The van der Waals surface area contributed by atoms with E-state index in [0.29, 0.717) is 17.8 Å². The second kappa shape index (κ2) is 3.74. The Balaban J connectivity index is 2.33. The third kappa shape index (κ3) is 1.34. The SMILES string of the molecule is C#Cc1ncn2c1CN(C)C(=O)c1ccccc1-2. The van der Waals surface area contributed by atoms with E-state index >= 15 is 0 Å². The highest BCUT2D eigenvalue weighted by Crippen LogP contribution is 2.24. The maximum Gasteiger partial charge on any atom is 0.256 e. The van der Waals surface area contributed by atoms with Crippen molar-refractivity contribution in [2.75, 3.05) is 7.05 Å². The third-order valence-corrected chi connectivity index (χ3v) is 3.13. The van der Waals surface area contributed by atoms with Crippen LogP contribution in [0.1, 0.15) is 21.7 Å². The molecule has 0 saturated heterocycles. The number of carbonyl (C=O) groups excluding carboxylic acids is 1. The van der Waals surface area contributed by atoms with E-state index in [9.17, 15) is 4.79 Å². The Morgan fingerprint density at radius 1 is 1.39 bits per heavy atom. The van der Waals surface area contributed by atoms with Crippen LogP contribution in [0.25, 0.3) is 5.69 Å². The van der Waals surface area contributed by atoms with E-state index in [1.807, 2.05) is 28.8 Å². The minimum atomic E-state index is -0.00253. The number of benzene rings is 1. The molecular weight excluding hydrogens is 226 g/mol. The molecule has 2 aromatic rings. The average molecular weight is 237 g/mol. The quantitative estimate of drug-likeness (QED) is 0.650. The van der Waals surface area contributed by atoms with Crippen molar-refractivity contribution in [1.29, 1.82) is 0 Å². The van der Waals surface area contributed by atoms with Crippen LogP contribution in [0.15, 0.2) is 30.6 Å². The van der Waals surface area contributed by atoms with Crippen molar-refractivity contribution in [2.45, 2.75) is 6.54 Å². The van der Waals surface area contributed by atoms with Gasteiger partial charge in [0.15, 0.2) is 0 Å². The van der Waals surface area contributed by atoms with E-state index in [2.05, 4.69) is 10.9 Å². The zero-order valence-electron chi connectivity index (χ0n) is 9.92. The molecule has 2 heterocycles. The molecule has 1 aliphatic heterocycles. The molecule has 4 heteroatoms. The van der Waals surface area contributed by atoms with Gasteiger partial charge in [-0.15, -0.1) is 6.42 Å². The summed E-state index contributed by atoms with van der Waals surface area (Å²) in [7, 11) is 1.77. The zero-order chi connectivity index (χ0) is 12.7. The van der Waals surface area contributed by atoms with E-state index < -0.39 is 0 Å². The molecule has 4 nitrogen and oxygen atoms in total. The molecule has 1 aliphatic rings. The van der Waals surface area contributed by atoms with Gasteiger partial charge in [-0.05, 0) is 18.1 Å². The number of carbonyl (C=O) groups is 1. The van der Waals surface area contributed by atoms with E-state index in [-0.39, 0.29) is 5.91 Å². The van der Waals surface area contributed by atoms with Crippen LogP contribution in [0.3, 0.4) is 0 Å². The van der Waals surface area contributed by atoms with Crippen molar-refractivity contribution in [3.8, 4) is 18.0 Å². The lowest BCUT2D eigenvalue weighted by molar-refractivity contribution is 0.0788. The Labute approximate surface area is 105 Å². The summed E-state index contributed by atoms with van der Waals surface area (Å²) in [5.74, 6) is 2.56. The molecule has 1 aromatic heterocycles. The van der Waals surface area contributed by atoms with Gasteiger partial charge >= 0.3 is 0 Å². The van der Waals surface area contributed by atoms with Gasteiger partial charge in [-0.25, -0.2) is 4.98 Å². The number of rotatable bonds is 0. The third-order valence-electron chi connectivity index (χ3n) is 3.13. The number of nitrogens with zero attached hydrogens (tertiary/aromatic N) is 3. The van der Waals surface area contributed by atoms with Gasteiger partial charge in [0.25, 0.3) is 5.91 Å². The van der Waals surface area contributed by atoms with E-state index in [4.69, 9.17) is 6.42 Å². The molecule has 1 amide bonds. The molecule has 0 radical (unpaired) electrons. The number of terminal acetylenes is 1. The molecule has 0 N–H and O–H groups in total. The number of amides is 1. The van der Waals surface area contributed by atoms with Gasteiger partial charge < -0.3 is 4.90 Å². The van der Waals surface area contributed by atoms with Crippen LogP contribution in [0, 0.1) is 12.3 Å². The van der Waals surface area contributed by atoms with Crippen LogP contribution < -0.4 is 0 Å². The summed E-state index contributed by atoms with van der Waals surface area (Å²) in [5, 5.41) is 0. The Morgan fingerprint density at radius 3 is 2.94 bits per heavy atom. The molecule has 1 aromatic carbocycles. The average Bonchev–Trinajstić information content (AvgIpc) is 2.76. The molecule has 0 fully saturated rings. The van der Waals surface area contributed by atoms with Crippen LogP contribution >= 0.6 is 0 Å². The van der Waals surface area contributed by atoms with Crippen molar-refractivity contribution >= 4 is 5.91 Å². The second-order valence-corrected chi connectivity index (χ2v) is 4.23. The van der Waals surface area contributed by atoms with Crippen LogP contribution in [0.2, 0.25) is 0 Å². The zero-order valence-corrected chi connectivity index (χ0v) is 9.92. The Morgan fingerprint density at radius 2 is 2.17 bits per heavy atom. The fourth-order valence-corrected chi connectivity index (χ4v) is 2.22. The van der Waals surface area contributed by atoms with E-state index in [1.165, 1.54) is 0 Å². The van der Waals surface area contributed by atoms with Crippen molar-refractivity contribution in [3.63, 3.8) is 0 Å². The summed E-state index contributed by atoms with van der Waals surface area (Å²) in [6, 6.07) is 7.47. The Kier molecular flexibility index (Phi) is 2.20. The summed E-state index contributed by atoms with van der Waals surface area (Å²) in [6.45, 7) is 0.465. The monoisotopic (exact) mass is 237 g/mol. The van der Waals surface area contributed by atoms with Crippen LogP contribution in [-0.4, -0.2) is 27.4 Å². The highest BCUT2D eigenvalue weighted by Gasteiger charge is 2.25. The molecule has 0 saturated carbocycles. The largest absolute Gasteiger partial charge is 0.336 e.